The molecule has 1 heterocycles. The van der Waals surface area contributed by atoms with Gasteiger partial charge in [0.15, 0.2) is 5.88 Å². The Balaban J connectivity index is 2.35. The lowest BCUT2D eigenvalue weighted by atomic mass is 9.84. The maximum atomic E-state index is 5.72. The molecular weight excluding hydrogens is 310 g/mol. The Labute approximate surface area is 148 Å². The van der Waals surface area contributed by atoms with Crippen molar-refractivity contribution in [2.75, 3.05) is 0 Å². The van der Waals surface area contributed by atoms with E-state index in [0.717, 1.165) is 12.4 Å². The molecule has 0 N–H and O–H groups in total. The molecule has 0 fully saturated rings. The molecule has 3 heteroatoms. The first-order chi connectivity index (χ1) is 11.3. The molecule has 123 valence electrons. The summed E-state index contributed by atoms with van der Waals surface area (Å²) in [6, 6.07) is 14.9. The van der Waals surface area contributed by atoms with E-state index in [4.69, 9.17) is 4.43 Å². The molecule has 24 heavy (non-hydrogen) atoms. The Hall–Kier alpha value is -2.00. The fraction of sp³-hybridized carbons (Fsp3) is 0.333. The lowest BCUT2D eigenvalue weighted by Crippen LogP contribution is -2.14. The lowest BCUT2D eigenvalue weighted by molar-refractivity contribution is 0.501. The molecule has 3 radical (unpaired) electrons. The van der Waals surface area contributed by atoms with Crippen molar-refractivity contribution in [1.29, 1.82) is 0 Å². The van der Waals surface area contributed by atoms with Gasteiger partial charge in [-0.2, -0.15) is 0 Å². The third-order valence-corrected chi connectivity index (χ3v) is 4.94. The van der Waals surface area contributed by atoms with Crippen LogP contribution in [-0.2, 0) is 12.0 Å². The zero-order chi connectivity index (χ0) is 17.5. The summed E-state index contributed by atoms with van der Waals surface area (Å²) in [5.74, 6) is 0.895. The van der Waals surface area contributed by atoms with Gasteiger partial charge in [0, 0.05) is 10.9 Å². The molecule has 0 aliphatic heterocycles. The summed E-state index contributed by atoms with van der Waals surface area (Å²) in [4.78, 5) is 0. The molecule has 0 spiro atoms. The van der Waals surface area contributed by atoms with E-state index in [2.05, 4.69) is 86.1 Å². The number of rotatable bonds is 3. The maximum absolute atomic E-state index is 5.72. The van der Waals surface area contributed by atoms with E-state index in [1.807, 2.05) is 6.07 Å². The number of nitrogens with zero attached hydrogens (tertiary/aromatic N) is 1. The fourth-order valence-corrected chi connectivity index (χ4v) is 3.63. The van der Waals surface area contributed by atoms with Crippen molar-refractivity contribution >= 4 is 21.4 Å². The van der Waals surface area contributed by atoms with Crippen molar-refractivity contribution in [2.24, 2.45) is 0 Å². The van der Waals surface area contributed by atoms with Gasteiger partial charge in [0.2, 0.25) is 0 Å². The van der Waals surface area contributed by atoms with Crippen LogP contribution in [0.1, 0.15) is 43.0 Å². The number of fused-ring (bicyclic) bond motifs is 1. The van der Waals surface area contributed by atoms with Crippen molar-refractivity contribution in [3.05, 3.63) is 64.7 Å². The number of benzene rings is 2. The summed E-state index contributed by atoms with van der Waals surface area (Å²) in [5.41, 5.74) is 6.36. The molecule has 3 rings (SSSR count). The van der Waals surface area contributed by atoms with Crippen LogP contribution < -0.4 is 4.43 Å². The van der Waals surface area contributed by atoms with Crippen LogP contribution in [0.2, 0.25) is 0 Å². The molecule has 0 bridgehead atoms. The Bertz CT molecular complexity index is 872. The normalized spacial score (nSPS) is 11.9. The monoisotopic (exact) mass is 334 g/mol. The quantitative estimate of drug-likeness (QED) is 0.610. The average Bonchev–Trinajstić information content (AvgIpc) is 2.86. The molecule has 0 amide bonds. The van der Waals surface area contributed by atoms with Crippen molar-refractivity contribution in [3.63, 3.8) is 0 Å². The molecule has 1 aromatic heterocycles. The molecule has 0 atom stereocenters. The molecule has 0 saturated heterocycles. The van der Waals surface area contributed by atoms with E-state index in [9.17, 15) is 0 Å². The molecule has 2 aromatic carbocycles. The highest BCUT2D eigenvalue weighted by Gasteiger charge is 2.28. The third kappa shape index (κ3) is 2.77. The minimum atomic E-state index is -0.0132. The molecule has 3 aromatic rings. The largest absolute Gasteiger partial charge is 0.528 e. The predicted molar refractivity (Wildman–Crippen MR) is 102 cm³/mol. The van der Waals surface area contributed by atoms with Crippen molar-refractivity contribution in [3.8, 4) is 5.88 Å². The van der Waals surface area contributed by atoms with Crippen molar-refractivity contribution in [1.82, 2.24) is 4.57 Å². The zero-order valence-electron chi connectivity index (χ0n) is 15.1. The first kappa shape index (κ1) is 16.8. The Morgan fingerprint density at radius 1 is 1.00 bits per heavy atom. The predicted octanol–water partition coefficient (Wildman–Crippen LogP) is 5.07. The smallest absolute Gasteiger partial charge is 0.343 e. The Morgan fingerprint density at radius 2 is 1.67 bits per heavy atom. The van der Waals surface area contributed by atoms with Gasteiger partial charge >= 0.3 is 10.5 Å². The van der Waals surface area contributed by atoms with E-state index >= 15 is 0 Å². The van der Waals surface area contributed by atoms with Crippen LogP contribution in [-0.4, -0.2) is 15.1 Å². The summed E-state index contributed by atoms with van der Waals surface area (Å²) in [7, 11) is 3.32. The summed E-state index contributed by atoms with van der Waals surface area (Å²) >= 11 is 0. The van der Waals surface area contributed by atoms with Crippen LogP contribution in [0.15, 0.2) is 42.5 Å². The molecule has 0 aliphatic rings. The zero-order valence-corrected chi connectivity index (χ0v) is 16.1. The second-order valence-electron chi connectivity index (χ2n) is 7.51. The summed E-state index contributed by atoms with van der Waals surface area (Å²) in [5, 5.41) is 1.31. The highest BCUT2D eigenvalue weighted by molar-refractivity contribution is 6.01. The average molecular weight is 335 g/mol. The van der Waals surface area contributed by atoms with E-state index in [1.165, 1.54) is 33.2 Å². The lowest BCUT2D eigenvalue weighted by Gasteiger charge is -2.21. The Kier molecular flexibility index (Phi) is 4.30. The van der Waals surface area contributed by atoms with E-state index in [1.54, 1.807) is 0 Å². The fourth-order valence-electron chi connectivity index (χ4n) is 3.42. The van der Waals surface area contributed by atoms with E-state index in [-0.39, 0.29) is 5.41 Å². The minimum absolute atomic E-state index is 0.0132. The minimum Gasteiger partial charge on any atom is -0.528 e. The van der Waals surface area contributed by atoms with Crippen LogP contribution in [0, 0.1) is 13.8 Å². The third-order valence-electron chi connectivity index (χ3n) is 4.74. The van der Waals surface area contributed by atoms with Gasteiger partial charge < -0.3 is 8.99 Å². The van der Waals surface area contributed by atoms with Gasteiger partial charge in [0.25, 0.3) is 0 Å². The maximum Gasteiger partial charge on any atom is 0.343 e. The highest BCUT2D eigenvalue weighted by Crippen LogP contribution is 2.42. The topological polar surface area (TPSA) is 14.2 Å². The van der Waals surface area contributed by atoms with Crippen molar-refractivity contribution < 1.29 is 4.43 Å². The first-order valence-electron chi connectivity index (χ1n) is 8.35. The number of aryl methyl sites for hydroxylation is 2. The number of hydrogen-bond donors (Lipinski definition) is 0. The highest BCUT2D eigenvalue weighted by atomic mass is 28.2. The van der Waals surface area contributed by atoms with Gasteiger partial charge in [-0.3, -0.25) is 0 Å². The van der Waals surface area contributed by atoms with Crippen LogP contribution in [0.5, 0.6) is 5.88 Å². The second kappa shape index (κ2) is 6.13. The molecular formula is C21H24NOSi. The van der Waals surface area contributed by atoms with Crippen LogP contribution >= 0.6 is 0 Å². The summed E-state index contributed by atoms with van der Waals surface area (Å²) < 4.78 is 7.99. The van der Waals surface area contributed by atoms with Crippen LogP contribution in [0.4, 0.5) is 0 Å². The molecule has 0 aliphatic carbocycles. The van der Waals surface area contributed by atoms with Gasteiger partial charge in [-0.1, -0.05) is 57.2 Å². The molecule has 0 saturated carbocycles. The van der Waals surface area contributed by atoms with Gasteiger partial charge in [0.05, 0.1) is 12.1 Å². The van der Waals surface area contributed by atoms with Gasteiger partial charge in [-0.15, -0.1) is 0 Å². The standard InChI is InChI=1S/C21H24NOSi/c1-14-11-12-17-18(15(14)2)19(21(3,4)5)20(23-24)22(17)13-16-9-7-6-8-10-16/h6-12H,13H2,1-5H3. The second-order valence-corrected chi connectivity index (χ2v) is 7.71. The SMILES string of the molecule is Cc1ccc2c(c1C)c(C(C)(C)C)c(O[Si])n2Cc1ccccc1. The summed E-state index contributed by atoms with van der Waals surface area (Å²) in [6.45, 7) is 11.9. The first-order valence-corrected chi connectivity index (χ1v) is 8.75. The summed E-state index contributed by atoms with van der Waals surface area (Å²) in [6.07, 6.45) is 0. The van der Waals surface area contributed by atoms with E-state index < -0.39 is 0 Å². The molecule has 0 unspecified atom stereocenters. The van der Waals surface area contributed by atoms with E-state index in [0.29, 0.717) is 0 Å². The Morgan fingerprint density at radius 3 is 2.25 bits per heavy atom. The van der Waals surface area contributed by atoms with Crippen LogP contribution in [0.25, 0.3) is 10.9 Å². The molecule has 2 nitrogen and oxygen atoms in total. The van der Waals surface area contributed by atoms with Gasteiger partial charge in [-0.25, -0.2) is 0 Å². The van der Waals surface area contributed by atoms with Crippen molar-refractivity contribution in [2.45, 2.75) is 46.6 Å². The van der Waals surface area contributed by atoms with Gasteiger partial charge in [-0.05, 0) is 42.0 Å². The number of aromatic nitrogens is 1. The van der Waals surface area contributed by atoms with Crippen LogP contribution in [0.3, 0.4) is 0 Å². The number of hydrogen-bond acceptors (Lipinski definition) is 1. The van der Waals surface area contributed by atoms with Gasteiger partial charge in [0.1, 0.15) is 0 Å².